The number of thioether (sulfide) groups is 1. The van der Waals surface area contributed by atoms with Crippen molar-refractivity contribution in [2.24, 2.45) is 0 Å². The van der Waals surface area contributed by atoms with Crippen LogP contribution in [0.5, 0.6) is 0 Å². The van der Waals surface area contributed by atoms with E-state index in [1.165, 1.54) is 11.8 Å². The Bertz CT molecular complexity index is 1430. The van der Waals surface area contributed by atoms with Crippen LogP contribution in [0.3, 0.4) is 0 Å². The highest BCUT2D eigenvalue weighted by Crippen LogP contribution is 2.32. The van der Waals surface area contributed by atoms with Crippen LogP contribution in [0.2, 0.25) is 5.02 Å². The number of nitrogens with one attached hydrogen (secondary N) is 1. The highest BCUT2D eigenvalue weighted by atomic mass is 35.5. The summed E-state index contributed by atoms with van der Waals surface area (Å²) in [7, 11) is 0. The van der Waals surface area contributed by atoms with Crippen LogP contribution in [0.1, 0.15) is 15.9 Å². The zero-order valence-corrected chi connectivity index (χ0v) is 18.7. The van der Waals surface area contributed by atoms with Gasteiger partial charge in [-0.1, -0.05) is 47.6 Å². The summed E-state index contributed by atoms with van der Waals surface area (Å²) in [6, 6.07) is 17.3. The SMILES string of the molecule is Cc1c(Cl)cccc1-n1c(SCC(=O)c2c[nH]c3ccccc23)nnc1-c1ccncc1. The fourth-order valence-electron chi connectivity index (χ4n) is 3.62. The molecule has 3 aromatic heterocycles. The summed E-state index contributed by atoms with van der Waals surface area (Å²) in [5.41, 5.74) is 4.28. The first kappa shape index (κ1) is 20.5. The zero-order chi connectivity index (χ0) is 22.1. The molecule has 32 heavy (non-hydrogen) atoms. The summed E-state index contributed by atoms with van der Waals surface area (Å²) in [5, 5.41) is 11.0. The van der Waals surface area contributed by atoms with Crippen molar-refractivity contribution in [2.75, 3.05) is 5.75 Å². The van der Waals surface area contributed by atoms with Gasteiger partial charge in [0.2, 0.25) is 0 Å². The maximum Gasteiger partial charge on any atom is 0.196 e. The predicted molar refractivity (Wildman–Crippen MR) is 128 cm³/mol. The van der Waals surface area contributed by atoms with Gasteiger partial charge < -0.3 is 4.98 Å². The number of carbonyl (C=O) groups is 1. The summed E-state index contributed by atoms with van der Waals surface area (Å²) in [6.07, 6.45) is 5.20. The molecular formula is C24H18ClN5OS. The number of hydrogen-bond donors (Lipinski definition) is 1. The van der Waals surface area contributed by atoms with Gasteiger partial charge in [-0.25, -0.2) is 0 Å². The van der Waals surface area contributed by atoms with Crippen LogP contribution in [-0.4, -0.2) is 36.3 Å². The van der Waals surface area contributed by atoms with Gasteiger partial charge in [-0.05, 0) is 42.8 Å². The summed E-state index contributed by atoms with van der Waals surface area (Å²) < 4.78 is 1.95. The number of hydrogen-bond acceptors (Lipinski definition) is 5. The first-order valence-corrected chi connectivity index (χ1v) is 11.3. The Morgan fingerprint density at radius 3 is 2.72 bits per heavy atom. The van der Waals surface area contributed by atoms with Crippen LogP contribution in [0, 0.1) is 6.92 Å². The molecule has 0 fully saturated rings. The second-order valence-electron chi connectivity index (χ2n) is 7.22. The lowest BCUT2D eigenvalue weighted by molar-refractivity contribution is 0.102. The average Bonchev–Trinajstić information content (AvgIpc) is 3.44. The minimum atomic E-state index is 0.0234. The van der Waals surface area contributed by atoms with Gasteiger partial charge in [0, 0.05) is 45.6 Å². The second kappa shape index (κ2) is 8.61. The van der Waals surface area contributed by atoms with Gasteiger partial charge in [-0.2, -0.15) is 0 Å². The lowest BCUT2D eigenvalue weighted by Crippen LogP contribution is -2.05. The Hall–Kier alpha value is -3.42. The Morgan fingerprint density at radius 2 is 1.88 bits per heavy atom. The largest absolute Gasteiger partial charge is 0.360 e. The maximum atomic E-state index is 13.0. The molecule has 3 heterocycles. The molecule has 2 aromatic carbocycles. The van der Waals surface area contributed by atoms with Crippen molar-refractivity contribution in [3.63, 3.8) is 0 Å². The minimum Gasteiger partial charge on any atom is -0.360 e. The maximum absolute atomic E-state index is 13.0. The molecule has 0 unspecified atom stereocenters. The number of aromatic amines is 1. The monoisotopic (exact) mass is 459 g/mol. The third kappa shape index (κ3) is 3.70. The molecule has 0 saturated heterocycles. The summed E-state index contributed by atoms with van der Waals surface area (Å²) in [4.78, 5) is 20.3. The third-order valence-corrected chi connectivity index (χ3v) is 6.61. The Labute approximate surface area is 193 Å². The van der Waals surface area contributed by atoms with Crippen molar-refractivity contribution in [3.8, 4) is 17.1 Å². The van der Waals surface area contributed by atoms with Crippen LogP contribution in [0.25, 0.3) is 28.0 Å². The van der Waals surface area contributed by atoms with Gasteiger partial charge in [-0.15, -0.1) is 10.2 Å². The number of halogens is 1. The van der Waals surface area contributed by atoms with E-state index in [2.05, 4.69) is 20.2 Å². The summed E-state index contributed by atoms with van der Waals surface area (Å²) in [5.74, 6) is 0.922. The number of rotatable bonds is 6. The second-order valence-corrected chi connectivity index (χ2v) is 8.57. The zero-order valence-electron chi connectivity index (χ0n) is 17.1. The van der Waals surface area contributed by atoms with E-state index in [1.807, 2.05) is 66.1 Å². The molecule has 5 rings (SSSR count). The smallest absolute Gasteiger partial charge is 0.196 e. The normalized spacial score (nSPS) is 11.2. The Morgan fingerprint density at radius 1 is 1.06 bits per heavy atom. The van der Waals surface area contributed by atoms with Crippen molar-refractivity contribution >= 4 is 40.0 Å². The molecule has 0 radical (unpaired) electrons. The van der Waals surface area contributed by atoms with E-state index in [0.717, 1.165) is 27.7 Å². The third-order valence-electron chi connectivity index (χ3n) is 5.27. The molecule has 0 bridgehead atoms. The van der Waals surface area contributed by atoms with Crippen molar-refractivity contribution in [3.05, 3.63) is 89.3 Å². The topological polar surface area (TPSA) is 76.5 Å². The Balaban J connectivity index is 1.52. The molecule has 8 heteroatoms. The quantitative estimate of drug-likeness (QED) is 0.258. The predicted octanol–water partition coefficient (Wildman–Crippen LogP) is 5.75. The van der Waals surface area contributed by atoms with Gasteiger partial charge in [0.1, 0.15) is 0 Å². The standard InChI is InChI=1S/C24H18ClN5OS/c1-15-19(25)6-4-8-21(15)30-23(16-9-11-26-12-10-16)28-29-24(30)32-14-22(31)18-13-27-20-7-3-2-5-17(18)20/h2-13,27H,14H2,1H3. The molecule has 0 aliphatic heterocycles. The number of H-pyrrole nitrogens is 1. The molecule has 0 amide bonds. The number of ketones is 1. The van der Waals surface area contributed by atoms with Crippen LogP contribution in [0.15, 0.2) is 78.3 Å². The van der Waals surface area contributed by atoms with E-state index < -0.39 is 0 Å². The highest BCUT2D eigenvalue weighted by molar-refractivity contribution is 7.99. The van der Waals surface area contributed by atoms with Gasteiger partial charge >= 0.3 is 0 Å². The molecule has 0 spiro atoms. The number of aromatic nitrogens is 5. The lowest BCUT2D eigenvalue weighted by atomic mass is 10.1. The van der Waals surface area contributed by atoms with Gasteiger partial charge in [0.25, 0.3) is 0 Å². The summed E-state index contributed by atoms with van der Waals surface area (Å²) in [6.45, 7) is 1.96. The molecular weight excluding hydrogens is 442 g/mol. The number of para-hydroxylation sites is 1. The number of fused-ring (bicyclic) bond motifs is 1. The molecule has 1 N–H and O–H groups in total. The molecule has 0 aliphatic rings. The van der Waals surface area contributed by atoms with Crippen LogP contribution in [-0.2, 0) is 0 Å². The number of benzene rings is 2. The first-order chi connectivity index (χ1) is 15.6. The lowest BCUT2D eigenvalue weighted by Gasteiger charge is -2.13. The molecule has 6 nitrogen and oxygen atoms in total. The minimum absolute atomic E-state index is 0.0234. The van der Waals surface area contributed by atoms with Crippen molar-refractivity contribution in [1.29, 1.82) is 0 Å². The summed E-state index contributed by atoms with van der Waals surface area (Å²) >= 11 is 7.76. The number of Topliss-reactive ketones (excluding diaryl/α,β-unsaturated/α-hetero) is 1. The molecule has 0 aliphatic carbocycles. The number of nitrogens with zero attached hydrogens (tertiary/aromatic N) is 4. The van der Waals surface area contributed by atoms with Crippen molar-refractivity contribution < 1.29 is 4.79 Å². The van der Waals surface area contributed by atoms with Crippen LogP contribution < -0.4 is 0 Å². The fraction of sp³-hybridized carbons (Fsp3) is 0.0833. The number of carbonyl (C=O) groups excluding carboxylic acids is 1. The van der Waals surface area contributed by atoms with E-state index >= 15 is 0 Å². The average molecular weight is 460 g/mol. The van der Waals surface area contributed by atoms with E-state index in [1.54, 1.807) is 18.6 Å². The molecule has 0 atom stereocenters. The van der Waals surface area contributed by atoms with Crippen LogP contribution in [0.4, 0.5) is 0 Å². The van der Waals surface area contributed by atoms with Gasteiger partial charge in [-0.3, -0.25) is 14.3 Å². The Kier molecular flexibility index (Phi) is 5.51. The van der Waals surface area contributed by atoms with E-state index in [-0.39, 0.29) is 11.5 Å². The van der Waals surface area contributed by atoms with Gasteiger partial charge in [0.15, 0.2) is 16.8 Å². The van der Waals surface area contributed by atoms with E-state index in [9.17, 15) is 4.79 Å². The van der Waals surface area contributed by atoms with E-state index in [0.29, 0.717) is 21.6 Å². The molecule has 158 valence electrons. The molecule has 0 saturated carbocycles. The van der Waals surface area contributed by atoms with Crippen molar-refractivity contribution in [2.45, 2.75) is 12.1 Å². The number of pyridine rings is 1. The fourth-order valence-corrected chi connectivity index (χ4v) is 4.61. The van der Waals surface area contributed by atoms with Gasteiger partial charge in [0.05, 0.1) is 11.4 Å². The molecule has 5 aromatic rings. The van der Waals surface area contributed by atoms with Crippen molar-refractivity contribution in [1.82, 2.24) is 24.7 Å². The van der Waals surface area contributed by atoms with E-state index in [4.69, 9.17) is 11.6 Å². The highest BCUT2D eigenvalue weighted by Gasteiger charge is 2.20. The first-order valence-electron chi connectivity index (χ1n) is 9.97. The van der Waals surface area contributed by atoms with Crippen LogP contribution >= 0.6 is 23.4 Å².